The van der Waals surface area contributed by atoms with Crippen molar-refractivity contribution < 1.29 is 0 Å². The van der Waals surface area contributed by atoms with Crippen LogP contribution in [0.15, 0.2) is 17.8 Å². The topological polar surface area (TPSA) is 42.7 Å². The monoisotopic (exact) mass is 278 g/mol. The lowest BCUT2D eigenvalue weighted by molar-refractivity contribution is 0.553. The van der Waals surface area contributed by atoms with E-state index >= 15 is 0 Å². The molecular formula is C14H22N4S. The van der Waals surface area contributed by atoms with Crippen LogP contribution in [-0.2, 0) is 19.5 Å². The fourth-order valence-electron chi connectivity index (χ4n) is 1.87. The van der Waals surface area contributed by atoms with E-state index in [2.05, 4.69) is 46.0 Å². The molecule has 0 saturated carbocycles. The largest absolute Gasteiger partial charge is 0.328 e. The molecule has 0 fully saturated rings. The number of imidazole rings is 1. The Kier molecular flexibility index (Phi) is 5.10. The van der Waals surface area contributed by atoms with Gasteiger partial charge < -0.3 is 9.88 Å². The molecule has 0 bridgehead atoms. The minimum atomic E-state index is 0.473. The molecule has 0 saturated heterocycles. The molecule has 5 heteroatoms. The summed E-state index contributed by atoms with van der Waals surface area (Å²) in [6.45, 7) is 8.09. The van der Waals surface area contributed by atoms with Crippen LogP contribution < -0.4 is 5.32 Å². The first-order chi connectivity index (χ1) is 9.19. The molecule has 0 atom stereocenters. The SMILES string of the molecule is CCCc1nc(Cn2ccnc2CNC(C)C)cs1. The van der Waals surface area contributed by atoms with Crippen molar-refractivity contribution >= 4 is 11.3 Å². The van der Waals surface area contributed by atoms with E-state index in [1.165, 1.54) is 5.01 Å². The number of rotatable bonds is 7. The van der Waals surface area contributed by atoms with Crippen molar-refractivity contribution in [1.82, 2.24) is 19.9 Å². The molecule has 0 aliphatic heterocycles. The van der Waals surface area contributed by atoms with Crippen LogP contribution >= 0.6 is 11.3 Å². The predicted molar refractivity (Wildman–Crippen MR) is 79.4 cm³/mol. The fraction of sp³-hybridized carbons (Fsp3) is 0.571. The second kappa shape index (κ2) is 6.82. The lowest BCUT2D eigenvalue weighted by Crippen LogP contribution is -2.24. The number of hydrogen-bond donors (Lipinski definition) is 1. The number of aryl methyl sites for hydroxylation is 1. The van der Waals surface area contributed by atoms with Gasteiger partial charge in [-0.05, 0) is 12.8 Å². The molecule has 1 N–H and O–H groups in total. The Morgan fingerprint density at radius 2 is 2.26 bits per heavy atom. The molecular weight excluding hydrogens is 256 g/mol. The van der Waals surface area contributed by atoms with Gasteiger partial charge in [-0.2, -0.15) is 0 Å². The third kappa shape index (κ3) is 4.14. The Morgan fingerprint density at radius 1 is 1.42 bits per heavy atom. The maximum absolute atomic E-state index is 4.66. The molecule has 2 aromatic heterocycles. The van der Waals surface area contributed by atoms with Crippen LogP contribution in [0, 0.1) is 0 Å². The lowest BCUT2D eigenvalue weighted by Gasteiger charge is -2.09. The highest BCUT2D eigenvalue weighted by molar-refractivity contribution is 7.09. The zero-order valence-electron chi connectivity index (χ0n) is 11.9. The average Bonchev–Trinajstić information content (AvgIpc) is 2.97. The van der Waals surface area contributed by atoms with Crippen LogP contribution in [0.1, 0.15) is 43.7 Å². The van der Waals surface area contributed by atoms with E-state index < -0.39 is 0 Å². The molecule has 4 nitrogen and oxygen atoms in total. The van der Waals surface area contributed by atoms with Gasteiger partial charge in [-0.25, -0.2) is 9.97 Å². The van der Waals surface area contributed by atoms with E-state index in [0.29, 0.717) is 6.04 Å². The minimum Gasteiger partial charge on any atom is -0.328 e. The van der Waals surface area contributed by atoms with Crippen LogP contribution in [0.5, 0.6) is 0 Å². The molecule has 0 aromatic carbocycles. The minimum absolute atomic E-state index is 0.473. The van der Waals surface area contributed by atoms with Crippen LogP contribution in [0.4, 0.5) is 0 Å². The summed E-state index contributed by atoms with van der Waals surface area (Å²) in [6, 6.07) is 0.473. The van der Waals surface area contributed by atoms with Gasteiger partial charge in [0, 0.05) is 23.8 Å². The van der Waals surface area contributed by atoms with Gasteiger partial charge >= 0.3 is 0 Å². The van der Waals surface area contributed by atoms with E-state index in [9.17, 15) is 0 Å². The summed E-state index contributed by atoms with van der Waals surface area (Å²) in [5, 5.41) is 6.79. The highest BCUT2D eigenvalue weighted by Crippen LogP contribution is 2.13. The molecule has 0 amide bonds. The van der Waals surface area contributed by atoms with Gasteiger partial charge in [0.1, 0.15) is 5.82 Å². The predicted octanol–water partition coefficient (Wildman–Crippen LogP) is 2.84. The normalized spacial score (nSPS) is 11.4. The lowest BCUT2D eigenvalue weighted by atomic mass is 10.3. The number of nitrogens with zero attached hydrogens (tertiary/aromatic N) is 3. The number of hydrogen-bond acceptors (Lipinski definition) is 4. The number of aromatic nitrogens is 3. The van der Waals surface area contributed by atoms with E-state index in [1.54, 1.807) is 11.3 Å². The van der Waals surface area contributed by atoms with Crippen molar-refractivity contribution in [3.05, 3.63) is 34.3 Å². The summed E-state index contributed by atoms with van der Waals surface area (Å²) in [7, 11) is 0. The third-order valence-corrected chi connectivity index (χ3v) is 3.82. The van der Waals surface area contributed by atoms with Crippen LogP contribution in [0.25, 0.3) is 0 Å². The van der Waals surface area contributed by atoms with E-state index in [0.717, 1.165) is 37.4 Å². The first kappa shape index (κ1) is 14.2. The summed E-state index contributed by atoms with van der Waals surface area (Å²) in [5.41, 5.74) is 1.14. The molecule has 2 aromatic rings. The van der Waals surface area contributed by atoms with Crippen molar-refractivity contribution in [3.8, 4) is 0 Å². The highest BCUT2D eigenvalue weighted by atomic mass is 32.1. The van der Waals surface area contributed by atoms with Crippen molar-refractivity contribution in [2.75, 3.05) is 0 Å². The second-order valence-electron chi connectivity index (χ2n) is 4.99. The molecule has 2 rings (SSSR count). The van der Waals surface area contributed by atoms with Gasteiger partial charge in [0.2, 0.25) is 0 Å². The molecule has 0 aliphatic carbocycles. The van der Waals surface area contributed by atoms with E-state index in [4.69, 9.17) is 0 Å². The zero-order valence-corrected chi connectivity index (χ0v) is 12.7. The first-order valence-electron chi connectivity index (χ1n) is 6.85. The van der Waals surface area contributed by atoms with Gasteiger partial charge in [0.25, 0.3) is 0 Å². The Bertz CT molecular complexity index is 501. The Hall–Kier alpha value is -1.20. The van der Waals surface area contributed by atoms with Gasteiger partial charge in [0.15, 0.2) is 0 Å². The summed E-state index contributed by atoms with van der Waals surface area (Å²) < 4.78 is 2.17. The quantitative estimate of drug-likeness (QED) is 0.847. The van der Waals surface area contributed by atoms with Crippen molar-refractivity contribution in [2.45, 2.75) is 52.7 Å². The zero-order chi connectivity index (χ0) is 13.7. The van der Waals surface area contributed by atoms with Crippen molar-refractivity contribution in [1.29, 1.82) is 0 Å². The Morgan fingerprint density at radius 3 is 3.00 bits per heavy atom. The summed E-state index contributed by atoms with van der Waals surface area (Å²) in [6.07, 6.45) is 6.12. The van der Waals surface area contributed by atoms with Crippen LogP contribution in [0.3, 0.4) is 0 Å². The number of nitrogens with one attached hydrogen (secondary N) is 1. The fourth-order valence-corrected chi connectivity index (χ4v) is 2.76. The first-order valence-corrected chi connectivity index (χ1v) is 7.73. The smallest absolute Gasteiger partial charge is 0.123 e. The van der Waals surface area contributed by atoms with Crippen LogP contribution in [0.2, 0.25) is 0 Å². The molecule has 19 heavy (non-hydrogen) atoms. The molecule has 0 radical (unpaired) electrons. The summed E-state index contributed by atoms with van der Waals surface area (Å²) in [5.74, 6) is 1.07. The standard InChI is InChI=1S/C14H22N4S/c1-4-5-14-17-12(10-19-14)9-18-7-6-15-13(18)8-16-11(2)3/h6-7,10-11,16H,4-5,8-9H2,1-3H3. The highest BCUT2D eigenvalue weighted by Gasteiger charge is 2.07. The maximum atomic E-state index is 4.66. The van der Waals surface area contributed by atoms with E-state index in [1.807, 2.05) is 12.4 Å². The van der Waals surface area contributed by atoms with Gasteiger partial charge in [-0.3, -0.25) is 0 Å². The average molecular weight is 278 g/mol. The molecule has 0 unspecified atom stereocenters. The molecule has 0 aliphatic rings. The van der Waals surface area contributed by atoms with Gasteiger partial charge in [-0.1, -0.05) is 20.8 Å². The van der Waals surface area contributed by atoms with Crippen LogP contribution in [-0.4, -0.2) is 20.6 Å². The van der Waals surface area contributed by atoms with Crippen molar-refractivity contribution in [2.24, 2.45) is 0 Å². The molecule has 104 valence electrons. The molecule has 2 heterocycles. The summed E-state index contributed by atoms with van der Waals surface area (Å²) >= 11 is 1.76. The third-order valence-electron chi connectivity index (χ3n) is 2.87. The Balaban J connectivity index is 1.99. The summed E-state index contributed by atoms with van der Waals surface area (Å²) in [4.78, 5) is 9.06. The maximum Gasteiger partial charge on any atom is 0.123 e. The van der Waals surface area contributed by atoms with E-state index in [-0.39, 0.29) is 0 Å². The Labute approximate surface area is 118 Å². The second-order valence-corrected chi connectivity index (χ2v) is 5.93. The number of thiazole rings is 1. The van der Waals surface area contributed by atoms with Gasteiger partial charge in [0.05, 0.1) is 23.8 Å². The van der Waals surface area contributed by atoms with Crippen molar-refractivity contribution in [3.63, 3.8) is 0 Å². The molecule has 0 spiro atoms. The van der Waals surface area contributed by atoms with Gasteiger partial charge in [-0.15, -0.1) is 11.3 Å².